The van der Waals surface area contributed by atoms with Gasteiger partial charge in [-0.2, -0.15) is 0 Å². The number of benzene rings is 2. The molecule has 0 radical (unpaired) electrons. The van der Waals surface area contributed by atoms with Crippen molar-refractivity contribution in [3.8, 4) is 5.75 Å². The smallest absolute Gasteiger partial charge is 0.210 e. The highest BCUT2D eigenvalue weighted by Gasteiger charge is 2.41. The summed E-state index contributed by atoms with van der Waals surface area (Å²) in [5.41, 5.74) is 3.49. The molecule has 0 bridgehead atoms. The number of hydrogen-bond donors (Lipinski definition) is 1. The Labute approximate surface area is 145 Å². The number of aryl methyl sites for hydroxylation is 1. The van der Waals surface area contributed by atoms with E-state index < -0.39 is 5.60 Å². The van der Waals surface area contributed by atoms with Crippen molar-refractivity contribution < 1.29 is 9.66 Å². The van der Waals surface area contributed by atoms with Crippen LogP contribution in [0, 0.1) is 17.0 Å². The van der Waals surface area contributed by atoms with Crippen molar-refractivity contribution >= 4 is 10.9 Å². The average Bonchev–Trinajstić information content (AvgIpc) is 2.98. The van der Waals surface area contributed by atoms with Gasteiger partial charge in [-0.25, -0.2) is 0 Å². The third-order valence-corrected chi connectivity index (χ3v) is 5.11. The number of para-hydroxylation sites is 1. The predicted octanol–water partition coefficient (Wildman–Crippen LogP) is 4.53. The fourth-order valence-corrected chi connectivity index (χ4v) is 3.95. The minimum Gasteiger partial charge on any atom is -0.482 e. The number of nitrogens with one attached hydrogen (secondary N) is 1. The lowest BCUT2D eigenvalue weighted by atomic mass is 9.79. The maximum absolute atomic E-state index is 11.2. The maximum atomic E-state index is 11.2. The van der Waals surface area contributed by atoms with Crippen molar-refractivity contribution in [3.63, 3.8) is 0 Å². The summed E-state index contributed by atoms with van der Waals surface area (Å²) < 4.78 is 6.42. The van der Waals surface area contributed by atoms with E-state index in [0.29, 0.717) is 6.42 Å². The monoisotopic (exact) mass is 336 g/mol. The molecular weight excluding hydrogens is 316 g/mol. The second-order valence-electron chi connectivity index (χ2n) is 7.04. The van der Waals surface area contributed by atoms with E-state index in [1.165, 1.54) is 0 Å². The second-order valence-corrected chi connectivity index (χ2v) is 7.04. The Morgan fingerprint density at radius 2 is 2.12 bits per heavy atom. The number of rotatable bonds is 3. The summed E-state index contributed by atoms with van der Waals surface area (Å²) in [6.45, 7) is 3.95. The highest BCUT2D eigenvalue weighted by molar-refractivity contribution is 5.84. The molecule has 0 saturated heterocycles. The quantitative estimate of drug-likeness (QED) is 0.564. The molecule has 2 atom stereocenters. The Morgan fingerprint density at radius 1 is 1.32 bits per heavy atom. The standard InChI is InChI=1S/C20H20N2O3/c1-13-7-8-15-14(12-22(23)24)10-20(2,25-19(15)9-13)17-11-21-18-6-4-3-5-16(17)18/h3-9,11,14,21H,10,12H2,1-2H3/t14-,20-/m1/s1. The Balaban J connectivity index is 1.84. The molecule has 3 aromatic rings. The largest absolute Gasteiger partial charge is 0.482 e. The Bertz CT molecular complexity index is 962. The number of H-pyrrole nitrogens is 1. The highest BCUT2D eigenvalue weighted by Crippen LogP contribution is 2.47. The van der Waals surface area contributed by atoms with Gasteiger partial charge in [-0.1, -0.05) is 30.3 Å². The van der Waals surface area contributed by atoms with Gasteiger partial charge in [-0.3, -0.25) is 10.1 Å². The van der Waals surface area contributed by atoms with E-state index >= 15 is 0 Å². The van der Waals surface area contributed by atoms with Crippen LogP contribution >= 0.6 is 0 Å². The van der Waals surface area contributed by atoms with Gasteiger partial charge in [0.15, 0.2) is 0 Å². The van der Waals surface area contributed by atoms with Gasteiger partial charge in [0.1, 0.15) is 11.4 Å². The Morgan fingerprint density at radius 3 is 2.92 bits per heavy atom. The van der Waals surface area contributed by atoms with Crippen molar-refractivity contribution in [1.82, 2.24) is 4.98 Å². The first-order valence-corrected chi connectivity index (χ1v) is 8.44. The summed E-state index contributed by atoms with van der Waals surface area (Å²) in [7, 11) is 0. The summed E-state index contributed by atoms with van der Waals surface area (Å²) in [5, 5.41) is 12.3. The molecule has 1 N–H and O–H groups in total. The molecule has 0 aliphatic carbocycles. The topological polar surface area (TPSA) is 68.2 Å². The van der Waals surface area contributed by atoms with E-state index in [0.717, 1.165) is 33.3 Å². The summed E-state index contributed by atoms with van der Waals surface area (Å²) in [6, 6.07) is 14.0. The Kier molecular flexibility index (Phi) is 3.53. The van der Waals surface area contributed by atoms with Gasteiger partial charge < -0.3 is 9.72 Å². The van der Waals surface area contributed by atoms with E-state index in [1.807, 2.05) is 56.4 Å². The zero-order valence-corrected chi connectivity index (χ0v) is 14.3. The second kappa shape index (κ2) is 5.62. The molecule has 0 unspecified atom stereocenters. The zero-order valence-electron chi connectivity index (χ0n) is 14.3. The van der Waals surface area contributed by atoms with E-state index in [9.17, 15) is 10.1 Å². The summed E-state index contributed by atoms with van der Waals surface area (Å²) in [5.74, 6) is 0.587. The number of aromatic nitrogens is 1. The number of nitrogens with zero attached hydrogens (tertiary/aromatic N) is 1. The molecule has 2 heterocycles. The van der Waals surface area contributed by atoms with Crippen LogP contribution < -0.4 is 4.74 Å². The van der Waals surface area contributed by atoms with Crippen molar-refractivity contribution in [2.24, 2.45) is 0 Å². The average molecular weight is 336 g/mol. The summed E-state index contributed by atoms with van der Waals surface area (Å²) in [6.07, 6.45) is 2.54. The summed E-state index contributed by atoms with van der Waals surface area (Å²) >= 11 is 0. The minimum atomic E-state index is -0.610. The van der Waals surface area contributed by atoms with Gasteiger partial charge in [-0.15, -0.1) is 0 Å². The van der Waals surface area contributed by atoms with E-state index in [-0.39, 0.29) is 17.4 Å². The van der Waals surface area contributed by atoms with Crippen molar-refractivity contribution in [1.29, 1.82) is 0 Å². The van der Waals surface area contributed by atoms with E-state index in [1.54, 1.807) is 0 Å². The van der Waals surface area contributed by atoms with Crippen LogP contribution in [0.25, 0.3) is 10.9 Å². The molecule has 25 heavy (non-hydrogen) atoms. The van der Waals surface area contributed by atoms with Crippen LogP contribution in [0.15, 0.2) is 48.7 Å². The van der Waals surface area contributed by atoms with Gasteiger partial charge in [0.25, 0.3) is 0 Å². The van der Waals surface area contributed by atoms with Crippen molar-refractivity contribution in [3.05, 3.63) is 75.5 Å². The lowest BCUT2D eigenvalue weighted by Crippen LogP contribution is -2.37. The first-order valence-electron chi connectivity index (χ1n) is 8.44. The number of aromatic amines is 1. The zero-order chi connectivity index (χ0) is 17.6. The van der Waals surface area contributed by atoms with Crippen LogP contribution in [-0.4, -0.2) is 16.5 Å². The highest BCUT2D eigenvalue weighted by atomic mass is 16.6. The maximum Gasteiger partial charge on any atom is 0.210 e. The molecule has 128 valence electrons. The molecule has 0 amide bonds. The van der Waals surface area contributed by atoms with Gasteiger partial charge in [0, 0.05) is 39.6 Å². The van der Waals surface area contributed by atoms with Crippen LogP contribution in [0.3, 0.4) is 0 Å². The first-order chi connectivity index (χ1) is 12.0. The fraction of sp³-hybridized carbons (Fsp3) is 0.300. The van der Waals surface area contributed by atoms with Crippen molar-refractivity contribution in [2.75, 3.05) is 6.54 Å². The molecule has 0 saturated carbocycles. The Hall–Kier alpha value is -2.82. The van der Waals surface area contributed by atoms with Crippen molar-refractivity contribution in [2.45, 2.75) is 31.8 Å². The van der Waals surface area contributed by atoms with Gasteiger partial charge >= 0.3 is 0 Å². The van der Waals surface area contributed by atoms with Gasteiger partial charge in [0.2, 0.25) is 6.54 Å². The van der Waals surface area contributed by atoms with Crippen LogP contribution in [0.5, 0.6) is 5.75 Å². The molecule has 1 aromatic heterocycles. The molecule has 0 spiro atoms. The number of ether oxygens (including phenoxy) is 1. The molecule has 5 heteroatoms. The van der Waals surface area contributed by atoms with Crippen LogP contribution in [0.1, 0.15) is 36.0 Å². The lowest BCUT2D eigenvalue weighted by Gasteiger charge is -2.39. The van der Waals surface area contributed by atoms with E-state index in [4.69, 9.17) is 4.74 Å². The molecule has 0 fully saturated rings. The third-order valence-electron chi connectivity index (χ3n) is 5.11. The molecule has 1 aliphatic heterocycles. The van der Waals surface area contributed by atoms with Crippen LogP contribution in [-0.2, 0) is 5.60 Å². The predicted molar refractivity (Wildman–Crippen MR) is 96.7 cm³/mol. The first kappa shape index (κ1) is 15.7. The van der Waals surface area contributed by atoms with Crippen LogP contribution in [0.4, 0.5) is 0 Å². The molecular formula is C20H20N2O3. The SMILES string of the molecule is Cc1ccc2c(c1)O[C@@](C)(c1c[nH]c3ccccc13)C[C@@H]2C[N+](=O)[O-]. The number of fused-ring (bicyclic) bond motifs is 2. The third kappa shape index (κ3) is 2.65. The normalized spacial score (nSPS) is 22.4. The number of hydrogen-bond acceptors (Lipinski definition) is 3. The fourth-order valence-electron chi connectivity index (χ4n) is 3.95. The number of nitro groups is 1. The van der Waals surface area contributed by atoms with E-state index in [2.05, 4.69) is 11.1 Å². The molecule has 5 nitrogen and oxygen atoms in total. The lowest BCUT2D eigenvalue weighted by molar-refractivity contribution is -0.484. The van der Waals surface area contributed by atoms with Crippen LogP contribution in [0.2, 0.25) is 0 Å². The molecule has 2 aromatic carbocycles. The summed E-state index contributed by atoms with van der Waals surface area (Å²) in [4.78, 5) is 14.3. The van der Waals surface area contributed by atoms with Gasteiger partial charge in [0.05, 0.1) is 5.92 Å². The molecule has 1 aliphatic rings. The van der Waals surface area contributed by atoms with Gasteiger partial charge in [-0.05, 0) is 31.5 Å². The minimum absolute atomic E-state index is 0.0859. The molecule has 4 rings (SSSR count).